The van der Waals surface area contributed by atoms with Gasteiger partial charge >= 0.3 is 0 Å². The molecular formula is C15H13ClN2O2. The number of nitrogens with zero attached hydrogens (tertiary/aromatic N) is 2. The Morgan fingerprint density at radius 3 is 2.50 bits per heavy atom. The lowest BCUT2D eigenvalue weighted by Crippen LogP contribution is -2.47. The number of anilines is 1. The first-order valence-corrected chi connectivity index (χ1v) is 6.68. The van der Waals surface area contributed by atoms with Crippen molar-refractivity contribution < 1.29 is 4.76 Å². The molecule has 1 aliphatic heterocycles. The van der Waals surface area contributed by atoms with Gasteiger partial charge in [0.25, 0.3) is 11.4 Å². The molecule has 4 nitrogen and oxygen atoms in total. The van der Waals surface area contributed by atoms with Gasteiger partial charge in [-0.1, -0.05) is 35.9 Å². The molecule has 0 amide bonds. The van der Waals surface area contributed by atoms with Crippen molar-refractivity contribution in [1.29, 1.82) is 0 Å². The zero-order valence-corrected chi connectivity index (χ0v) is 11.7. The summed E-state index contributed by atoms with van der Waals surface area (Å²) in [4.78, 5) is 12.4. The van der Waals surface area contributed by atoms with E-state index in [-0.39, 0.29) is 0 Å². The summed E-state index contributed by atoms with van der Waals surface area (Å²) in [5.74, 6) is 0. The lowest BCUT2D eigenvalue weighted by atomic mass is 10.0. The summed E-state index contributed by atoms with van der Waals surface area (Å²) in [6.45, 7) is 1.65. The molecule has 0 aromatic heterocycles. The van der Waals surface area contributed by atoms with E-state index in [4.69, 9.17) is 11.6 Å². The highest BCUT2D eigenvalue weighted by molar-refractivity contribution is 6.30. The first-order chi connectivity index (χ1) is 9.52. The molecule has 1 aliphatic rings. The average molecular weight is 289 g/mol. The molecule has 0 bridgehead atoms. The standard InChI is InChI=1S/C15H13ClN2O2/c1-15(10-11-6-8-12(16)9-7-11)17(19)13-4-2-3-5-14(13)18(15)20/h2-9H,10H2,1H3. The van der Waals surface area contributed by atoms with Crippen LogP contribution in [0.5, 0.6) is 0 Å². The Morgan fingerprint density at radius 1 is 1.20 bits per heavy atom. The summed E-state index contributed by atoms with van der Waals surface area (Å²) >= 11 is 5.85. The second kappa shape index (κ2) is 4.58. The second-order valence-corrected chi connectivity index (χ2v) is 5.53. The topological polar surface area (TPSA) is 46.4 Å². The zero-order chi connectivity index (χ0) is 14.3. The minimum absolute atomic E-state index is 0.325. The number of hydroxylamine groups is 1. The van der Waals surface area contributed by atoms with Crippen LogP contribution in [0, 0.1) is 10.1 Å². The maximum Gasteiger partial charge on any atom is 0.284 e. The van der Waals surface area contributed by atoms with E-state index in [2.05, 4.69) is 0 Å². The molecule has 3 rings (SSSR count). The van der Waals surface area contributed by atoms with E-state index in [0.717, 1.165) is 15.4 Å². The number of fused-ring (bicyclic) bond motifs is 1. The molecule has 1 heterocycles. The molecule has 2 aromatic carbocycles. The van der Waals surface area contributed by atoms with Crippen LogP contribution in [0.25, 0.3) is 0 Å². The minimum Gasteiger partial charge on any atom is -0.753 e. The Kier molecular flexibility index (Phi) is 3.00. The van der Waals surface area contributed by atoms with Crippen LogP contribution in [0.1, 0.15) is 12.5 Å². The summed E-state index contributed by atoms with van der Waals surface area (Å²) in [5, 5.41) is 13.9. The predicted molar refractivity (Wildman–Crippen MR) is 79.1 cm³/mol. The molecular weight excluding hydrogens is 276 g/mol. The highest BCUT2D eigenvalue weighted by atomic mass is 35.5. The van der Waals surface area contributed by atoms with Crippen LogP contribution >= 0.6 is 11.6 Å². The van der Waals surface area contributed by atoms with Gasteiger partial charge in [0.2, 0.25) is 0 Å². The van der Waals surface area contributed by atoms with Crippen molar-refractivity contribution in [2.45, 2.75) is 19.0 Å². The van der Waals surface area contributed by atoms with Crippen LogP contribution in [0.4, 0.5) is 11.4 Å². The predicted octanol–water partition coefficient (Wildman–Crippen LogP) is 4.03. The molecule has 0 fully saturated rings. The number of halogens is 1. The summed E-state index contributed by atoms with van der Waals surface area (Å²) in [6.07, 6.45) is 0.325. The molecule has 20 heavy (non-hydrogen) atoms. The van der Waals surface area contributed by atoms with Gasteiger partial charge in [0.05, 0.1) is 11.2 Å². The molecule has 1 atom stereocenters. The highest BCUT2D eigenvalue weighted by Gasteiger charge is 2.51. The number of hydrogen-bond donors (Lipinski definition) is 0. The van der Waals surface area contributed by atoms with Crippen molar-refractivity contribution in [2.24, 2.45) is 0 Å². The monoisotopic (exact) mass is 288 g/mol. The van der Waals surface area contributed by atoms with Crippen LogP contribution in [-0.2, 0) is 6.42 Å². The fourth-order valence-corrected chi connectivity index (χ4v) is 2.67. The SMILES string of the molecule is CC1(Cc2ccc(Cl)cc2)N([O-])c2ccccc2[N+]1=O. The molecule has 5 heteroatoms. The number of hydrogen-bond acceptors (Lipinski definition) is 3. The van der Waals surface area contributed by atoms with Gasteiger partial charge in [0.1, 0.15) is 5.69 Å². The normalized spacial score (nSPS) is 21.1. The smallest absolute Gasteiger partial charge is 0.284 e. The van der Waals surface area contributed by atoms with Gasteiger partial charge in [-0.25, -0.2) is 0 Å². The lowest BCUT2D eigenvalue weighted by Gasteiger charge is -2.33. The highest BCUT2D eigenvalue weighted by Crippen LogP contribution is 2.43. The Balaban J connectivity index is 1.97. The second-order valence-electron chi connectivity index (χ2n) is 5.10. The summed E-state index contributed by atoms with van der Waals surface area (Å²) in [6, 6.07) is 14.0. The van der Waals surface area contributed by atoms with Gasteiger partial charge in [-0.05, 0) is 23.8 Å². The lowest BCUT2D eigenvalue weighted by molar-refractivity contribution is -0.537. The van der Waals surface area contributed by atoms with Gasteiger partial charge in [0.15, 0.2) is 0 Å². The van der Waals surface area contributed by atoms with E-state index in [1.54, 1.807) is 43.3 Å². The van der Waals surface area contributed by atoms with Crippen LogP contribution in [0.2, 0.25) is 5.02 Å². The van der Waals surface area contributed by atoms with Gasteiger partial charge in [-0.2, -0.15) is 0 Å². The molecule has 0 aliphatic carbocycles. The van der Waals surface area contributed by atoms with Crippen LogP contribution < -0.4 is 5.06 Å². The number of rotatable bonds is 2. The van der Waals surface area contributed by atoms with E-state index in [1.165, 1.54) is 0 Å². The Bertz CT molecular complexity index is 672. The quantitative estimate of drug-likeness (QED) is 0.784. The van der Waals surface area contributed by atoms with Crippen molar-refractivity contribution in [1.82, 2.24) is 0 Å². The Hall–Kier alpha value is -1.91. The minimum atomic E-state index is -1.17. The zero-order valence-electron chi connectivity index (χ0n) is 10.9. The van der Waals surface area contributed by atoms with E-state index in [1.807, 2.05) is 12.1 Å². The van der Waals surface area contributed by atoms with Crippen LogP contribution in [0.15, 0.2) is 48.5 Å². The maximum absolute atomic E-state index is 12.4. The fourth-order valence-electron chi connectivity index (χ4n) is 2.54. The van der Waals surface area contributed by atoms with Gasteiger partial charge < -0.3 is 10.3 Å². The third-order valence-electron chi connectivity index (χ3n) is 3.65. The van der Waals surface area contributed by atoms with Gasteiger partial charge in [-0.3, -0.25) is 0 Å². The third-order valence-corrected chi connectivity index (χ3v) is 3.90. The first kappa shape index (κ1) is 13.1. The molecule has 0 spiro atoms. The molecule has 0 saturated heterocycles. The van der Waals surface area contributed by atoms with Gasteiger partial charge in [0, 0.05) is 22.9 Å². The fraction of sp³-hybridized carbons (Fsp3) is 0.200. The van der Waals surface area contributed by atoms with Crippen molar-refractivity contribution in [3.05, 3.63) is 69.2 Å². The van der Waals surface area contributed by atoms with E-state index in [9.17, 15) is 10.1 Å². The number of benzene rings is 2. The molecule has 0 saturated carbocycles. The molecule has 1 unspecified atom stereocenters. The molecule has 0 N–H and O–H groups in total. The Morgan fingerprint density at radius 2 is 1.85 bits per heavy atom. The average Bonchev–Trinajstić information content (AvgIpc) is 2.65. The number of nitroso groups, excluding NO2 is 1. The third kappa shape index (κ3) is 1.88. The molecule has 0 radical (unpaired) electrons. The van der Waals surface area contributed by atoms with Crippen molar-refractivity contribution in [3.63, 3.8) is 0 Å². The molecule has 102 valence electrons. The molecule has 2 aromatic rings. The van der Waals surface area contributed by atoms with Crippen molar-refractivity contribution in [3.8, 4) is 0 Å². The maximum atomic E-state index is 12.4. The summed E-state index contributed by atoms with van der Waals surface area (Å²) in [5.41, 5.74) is 0.557. The summed E-state index contributed by atoms with van der Waals surface area (Å²) < 4.78 is 0.796. The Labute approximate surface area is 121 Å². The van der Waals surface area contributed by atoms with Crippen LogP contribution in [0.3, 0.4) is 0 Å². The van der Waals surface area contributed by atoms with E-state index in [0.29, 0.717) is 22.8 Å². The number of para-hydroxylation sites is 2. The van der Waals surface area contributed by atoms with Crippen molar-refractivity contribution >= 4 is 23.0 Å². The van der Waals surface area contributed by atoms with Crippen molar-refractivity contribution in [2.75, 3.05) is 5.06 Å². The summed E-state index contributed by atoms with van der Waals surface area (Å²) in [7, 11) is 0. The van der Waals surface area contributed by atoms with E-state index < -0.39 is 5.66 Å². The first-order valence-electron chi connectivity index (χ1n) is 6.30. The van der Waals surface area contributed by atoms with Crippen LogP contribution in [-0.4, -0.2) is 10.4 Å². The van der Waals surface area contributed by atoms with Gasteiger partial charge in [-0.15, -0.1) is 0 Å². The van der Waals surface area contributed by atoms with E-state index >= 15 is 0 Å². The largest absolute Gasteiger partial charge is 0.753 e.